The summed E-state index contributed by atoms with van der Waals surface area (Å²) in [4.78, 5) is 81.5. The fraction of sp³-hybridized carbons (Fsp3) is 0.811. The lowest BCUT2D eigenvalue weighted by atomic mass is 9.95. The van der Waals surface area contributed by atoms with Crippen LogP contribution in [0.3, 0.4) is 0 Å². The zero-order chi connectivity index (χ0) is 41.9. The fourth-order valence-corrected chi connectivity index (χ4v) is 5.79. The van der Waals surface area contributed by atoms with Crippen LogP contribution in [0.2, 0.25) is 0 Å². The van der Waals surface area contributed by atoms with E-state index in [1.807, 2.05) is 41.5 Å². The minimum atomic E-state index is -1.39. The van der Waals surface area contributed by atoms with Crippen molar-refractivity contribution in [3.63, 3.8) is 0 Å². The smallest absolute Gasteiger partial charge is 0.306 e. The fourth-order valence-electron chi connectivity index (χ4n) is 5.79. The van der Waals surface area contributed by atoms with E-state index in [2.05, 4.69) is 31.6 Å². The van der Waals surface area contributed by atoms with E-state index >= 15 is 0 Å². The molecule has 0 bridgehead atoms. The van der Waals surface area contributed by atoms with Gasteiger partial charge in [0, 0.05) is 13.0 Å². The highest BCUT2D eigenvalue weighted by Crippen LogP contribution is 2.16. The van der Waals surface area contributed by atoms with Crippen molar-refractivity contribution in [1.82, 2.24) is 26.6 Å². The van der Waals surface area contributed by atoms with Crippen LogP contribution in [0.15, 0.2) is 4.99 Å². The summed E-state index contributed by atoms with van der Waals surface area (Å²) < 4.78 is 0. The Kier molecular flexibility index (Phi) is 23.3. The first kappa shape index (κ1) is 50.0. The molecule has 7 atom stereocenters. The number of carboxylic acid groups (broad SMARTS) is 1. The highest BCUT2D eigenvalue weighted by Gasteiger charge is 2.34. The second-order valence-electron chi connectivity index (χ2n) is 16.1. The van der Waals surface area contributed by atoms with Crippen LogP contribution in [0.25, 0.3) is 0 Å². The summed E-state index contributed by atoms with van der Waals surface area (Å²) >= 11 is 0. The van der Waals surface area contributed by atoms with E-state index in [0.717, 1.165) is 0 Å². The van der Waals surface area contributed by atoms with E-state index in [1.165, 1.54) is 0 Å². The number of nitrogens with one attached hydrogen (secondary N) is 5. The third kappa shape index (κ3) is 21.0. The number of aliphatic carboxylic acids is 1. The Bertz CT molecular complexity index is 1240. The molecule has 0 unspecified atom stereocenters. The summed E-state index contributed by atoms with van der Waals surface area (Å²) in [5.41, 5.74) is 10.8. The molecule has 312 valence electrons. The molecule has 0 aromatic rings. The number of aliphatic hydroxyl groups excluding tert-OH is 2. The predicted molar refractivity (Wildman–Crippen MR) is 206 cm³/mol. The molecule has 0 aliphatic rings. The van der Waals surface area contributed by atoms with Gasteiger partial charge in [-0.25, -0.2) is 0 Å². The Balaban J connectivity index is 6.05. The van der Waals surface area contributed by atoms with Gasteiger partial charge >= 0.3 is 5.97 Å². The summed E-state index contributed by atoms with van der Waals surface area (Å²) in [7, 11) is 0. The Morgan fingerprint density at radius 1 is 0.574 bits per heavy atom. The van der Waals surface area contributed by atoms with Gasteiger partial charge in [0.05, 0.1) is 37.1 Å². The Morgan fingerprint density at radius 2 is 1.02 bits per heavy atom. The van der Waals surface area contributed by atoms with Gasteiger partial charge in [0.25, 0.3) is 0 Å². The van der Waals surface area contributed by atoms with Crippen LogP contribution in [-0.4, -0.2) is 106 Å². The number of amides is 5. The van der Waals surface area contributed by atoms with E-state index in [4.69, 9.17) is 11.5 Å². The van der Waals surface area contributed by atoms with Crippen LogP contribution in [0.4, 0.5) is 0 Å². The van der Waals surface area contributed by atoms with Crippen molar-refractivity contribution in [2.75, 3.05) is 6.54 Å². The van der Waals surface area contributed by atoms with Gasteiger partial charge in [-0.2, -0.15) is 0 Å². The Labute approximate surface area is 321 Å². The van der Waals surface area contributed by atoms with Crippen molar-refractivity contribution >= 4 is 41.5 Å². The van der Waals surface area contributed by atoms with Crippen molar-refractivity contribution in [3.8, 4) is 0 Å². The molecule has 54 heavy (non-hydrogen) atoms. The minimum absolute atomic E-state index is 0.00673. The van der Waals surface area contributed by atoms with E-state index in [1.54, 1.807) is 27.7 Å². The first-order valence-electron chi connectivity index (χ1n) is 19.1. The maximum absolute atomic E-state index is 13.7. The number of nitrogens with zero attached hydrogens (tertiary/aromatic N) is 1. The van der Waals surface area contributed by atoms with Crippen molar-refractivity contribution in [2.24, 2.45) is 46.0 Å². The molecule has 0 aliphatic carbocycles. The summed E-state index contributed by atoms with van der Waals surface area (Å²) in [6, 6.07) is -4.88. The molecule has 12 N–H and O–H groups in total. The monoisotopic (exact) mass is 771 g/mol. The van der Waals surface area contributed by atoms with Gasteiger partial charge in [0.2, 0.25) is 29.5 Å². The van der Waals surface area contributed by atoms with E-state index < -0.39 is 84.9 Å². The number of carboxylic acids is 1. The van der Waals surface area contributed by atoms with Gasteiger partial charge in [0.15, 0.2) is 5.96 Å². The number of rotatable bonds is 26. The zero-order valence-electron chi connectivity index (χ0n) is 34.0. The lowest BCUT2D eigenvalue weighted by molar-refractivity contribution is -0.140. The number of aliphatic hydroxyl groups is 2. The molecule has 0 heterocycles. The van der Waals surface area contributed by atoms with Gasteiger partial charge in [-0.05, 0) is 55.3 Å². The largest absolute Gasteiger partial charge is 0.481 e. The number of carbonyl (C=O) groups is 6. The van der Waals surface area contributed by atoms with E-state index in [0.29, 0.717) is 0 Å². The average Bonchev–Trinajstić information content (AvgIpc) is 3.01. The van der Waals surface area contributed by atoms with Crippen LogP contribution in [-0.2, 0) is 28.8 Å². The predicted octanol–water partition coefficient (Wildman–Crippen LogP) is 0.501. The molecule has 0 saturated carbocycles. The summed E-state index contributed by atoms with van der Waals surface area (Å²) in [5.74, 6) is -4.71. The molecule has 0 spiro atoms. The minimum Gasteiger partial charge on any atom is -0.481 e. The molecule has 0 fully saturated rings. The number of guanidine groups is 1. The molecular weight excluding hydrogens is 700 g/mol. The van der Waals surface area contributed by atoms with Crippen LogP contribution in [0.5, 0.6) is 0 Å². The van der Waals surface area contributed by atoms with Crippen molar-refractivity contribution < 1.29 is 44.1 Å². The molecule has 0 rings (SSSR count). The molecule has 0 radical (unpaired) electrons. The molecule has 17 heteroatoms. The number of hydrogen-bond acceptors (Lipinski definition) is 9. The first-order valence-corrected chi connectivity index (χ1v) is 19.1. The average molecular weight is 771 g/mol. The van der Waals surface area contributed by atoms with Gasteiger partial charge in [-0.3, -0.25) is 33.8 Å². The quantitative estimate of drug-likeness (QED) is 0.0328. The highest BCUT2D eigenvalue weighted by atomic mass is 16.4. The molecule has 5 amide bonds. The third-order valence-electron chi connectivity index (χ3n) is 8.52. The molecule has 0 aliphatic heterocycles. The number of aliphatic imine (C=N–C) groups is 1. The first-order chi connectivity index (χ1) is 24.9. The second-order valence-corrected chi connectivity index (χ2v) is 16.1. The van der Waals surface area contributed by atoms with Crippen LogP contribution >= 0.6 is 0 Å². The molecular formula is C37H70N8O9. The number of nitrogens with two attached hydrogens (primary N) is 2. The van der Waals surface area contributed by atoms with Gasteiger partial charge < -0.3 is 53.4 Å². The Hall–Kier alpha value is -3.99. The molecule has 0 aromatic carbocycles. The second kappa shape index (κ2) is 25.2. The lowest BCUT2D eigenvalue weighted by Crippen LogP contribution is -2.59. The number of hydrogen-bond donors (Lipinski definition) is 10. The van der Waals surface area contributed by atoms with Crippen molar-refractivity contribution in [2.45, 2.75) is 157 Å². The van der Waals surface area contributed by atoms with Crippen LogP contribution < -0.4 is 38.1 Å². The van der Waals surface area contributed by atoms with Crippen LogP contribution in [0.1, 0.15) is 114 Å². The lowest BCUT2D eigenvalue weighted by Gasteiger charge is -2.31. The standard InChI is InChI=1S/C37H70N8O9/c1-19(2)14-25(43-35(53)33(23(9)10)45-36(54)32(22(7)8)44-29(48)16-21(5)6)27(46)17-30(49)41-24(12-11-13-40-37(38)39)34(52)42-26(15-20(3)4)28(47)18-31(50)51/h19-28,32-33,46-47H,11-18H2,1-10H3,(H,41,49)(H,42,52)(H,43,53)(H,44,48)(H,45,54)(H,50,51)(H4,38,39,40)/t24-,25-,26-,27-,28-,32-,33-/m0/s1. The molecule has 17 nitrogen and oxygen atoms in total. The molecule has 0 saturated heterocycles. The third-order valence-corrected chi connectivity index (χ3v) is 8.52. The summed E-state index contributed by atoms with van der Waals surface area (Å²) in [6.07, 6.45) is -2.73. The number of carbonyl (C=O) groups excluding carboxylic acids is 5. The van der Waals surface area contributed by atoms with Gasteiger partial charge in [-0.1, -0.05) is 69.2 Å². The zero-order valence-corrected chi connectivity index (χ0v) is 34.0. The SMILES string of the molecule is CC(C)CC(=O)N[C@H](C(=O)N[C@H](C(=O)N[C@@H](CC(C)C)[C@@H](O)CC(=O)N[C@@H](CCCN=C(N)N)C(=O)N[C@@H](CC(C)C)[C@@H](O)CC(=O)O)C(C)C)C(C)C. The van der Waals surface area contributed by atoms with Crippen molar-refractivity contribution in [1.29, 1.82) is 0 Å². The topological polar surface area (TPSA) is 288 Å². The summed E-state index contributed by atoms with van der Waals surface area (Å²) in [6.45, 7) is 18.5. The van der Waals surface area contributed by atoms with Gasteiger partial charge in [0.1, 0.15) is 18.1 Å². The maximum atomic E-state index is 13.7. The highest BCUT2D eigenvalue weighted by molar-refractivity contribution is 5.92. The van der Waals surface area contributed by atoms with E-state index in [9.17, 15) is 44.1 Å². The van der Waals surface area contributed by atoms with E-state index in [-0.39, 0.29) is 80.1 Å². The Morgan fingerprint density at radius 3 is 1.46 bits per heavy atom. The molecule has 0 aromatic heterocycles. The normalized spacial score (nSPS) is 15.5. The maximum Gasteiger partial charge on any atom is 0.306 e. The van der Waals surface area contributed by atoms with Crippen molar-refractivity contribution in [3.05, 3.63) is 0 Å². The van der Waals surface area contributed by atoms with Gasteiger partial charge in [-0.15, -0.1) is 0 Å². The summed E-state index contributed by atoms with van der Waals surface area (Å²) in [5, 5.41) is 44.7. The van der Waals surface area contributed by atoms with Crippen LogP contribution in [0, 0.1) is 29.6 Å².